The van der Waals surface area contributed by atoms with Gasteiger partial charge in [0.15, 0.2) is 0 Å². The highest BCUT2D eigenvalue weighted by molar-refractivity contribution is 9.10. The number of aliphatic hydroxyl groups excluding tert-OH is 1. The summed E-state index contributed by atoms with van der Waals surface area (Å²) in [5, 5.41) is 9.03. The van der Waals surface area contributed by atoms with Crippen LogP contribution >= 0.6 is 15.9 Å². The Morgan fingerprint density at radius 3 is 2.67 bits per heavy atom. The van der Waals surface area contributed by atoms with E-state index in [2.05, 4.69) is 15.9 Å². The quantitative estimate of drug-likeness (QED) is 0.845. The second-order valence-corrected chi connectivity index (χ2v) is 3.48. The van der Waals surface area contributed by atoms with Crippen molar-refractivity contribution in [2.45, 2.75) is 13.5 Å². The number of methoxy groups -OCH3 is 1. The van der Waals surface area contributed by atoms with Gasteiger partial charge in [0.25, 0.3) is 0 Å². The topological polar surface area (TPSA) is 29.5 Å². The molecular weight excluding hydrogens is 220 g/mol. The lowest BCUT2D eigenvalue weighted by atomic mass is 10.1. The highest BCUT2D eigenvalue weighted by Crippen LogP contribution is 2.26. The zero-order valence-corrected chi connectivity index (χ0v) is 8.68. The molecule has 12 heavy (non-hydrogen) atoms. The number of hydrogen-bond donors (Lipinski definition) is 1. The van der Waals surface area contributed by atoms with Crippen LogP contribution < -0.4 is 4.74 Å². The third-order valence-electron chi connectivity index (χ3n) is 1.77. The van der Waals surface area contributed by atoms with Gasteiger partial charge in [0.05, 0.1) is 13.7 Å². The monoisotopic (exact) mass is 230 g/mol. The Morgan fingerprint density at radius 1 is 1.50 bits per heavy atom. The summed E-state index contributed by atoms with van der Waals surface area (Å²) in [4.78, 5) is 0. The van der Waals surface area contributed by atoms with Crippen LogP contribution in [0.15, 0.2) is 16.6 Å². The zero-order valence-electron chi connectivity index (χ0n) is 7.10. The van der Waals surface area contributed by atoms with Crippen LogP contribution in [-0.2, 0) is 6.61 Å². The molecule has 1 N–H and O–H groups in total. The van der Waals surface area contributed by atoms with Crippen molar-refractivity contribution in [1.82, 2.24) is 0 Å². The van der Waals surface area contributed by atoms with E-state index < -0.39 is 0 Å². The fourth-order valence-corrected chi connectivity index (χ4v) is 1.68. The van der Waals surface area contributed by atoms with Crippen molar-refractivity contribution in [2.75, 3.05) is 7.11 Å². The first-order valence-corrected chi connectivity index (χ1v) is 4.42. The molecule has 3 heteroatoms. The largest absolute Gasteiger partial charge is 0.496 e. The average molecular weight is 231 g/mol. The Balaban J connectivity index is 3.24. The van der Waals surface area contributed by atoms with E-state index in [4.69, 9.17) is 9.84 Å². The summed E-state index contributed by atoms with van der Waals surface area (Å²) in [6.45, 7) is 1.96. The molecule has 1 aromatic carbocycles. The summed E-state index contributed by atoms with van der Waals surface area (Å²) in [5.74, 6) is 0.726. The molecule has 0 aliphatic carbocycles. The zero-order chi connectivity index (χ0) is 9.14. The SMILES string of the molecule is COc1cc(Br)cc(C)c1CO. The summed E-state index contributed by atoms with van der Waals surface area (Å²) in [5.41, 5.74) is 1.88. The van der Waals surface area contributed by atoms with Crippen LogP contribution in [0.5, 0.6) is 5.75 Å². The van der Waals surface area contributed by atoms with Crippen LogP contribution in [0.2, 0.25) is 0 Å². The molecule has 0 spiro atoms. The predicted molar refractivity (Wildman–Crippen MR) is 51.4 cm³/mol. The van der Waals surface area contributed by atoms with Crippen molar-refractivity contribution >= 4 is 15.9 Å². The van der Waals surface area contributed by atoms with Crippen LogP contribution in [0.3, 0.4) is 0 Å². The van der Waals surface area contributed by atoms with E-state index in [0.717, 1.165) is 21.3 Å². The minimum atomic E-state index is 0.0162. The lowest BCUT2D eigenvalue weighted by Crippen LogP contribution is -1.94. The molecule has 2 nitrogen and oxygen atoms in total. The Bertz CT molecular complexity index is 284. The maximum atomic E-state index is 9.03. The van der Waals surface area contributed by atoms with Gasteiger partial charge < -0.3 is 9.84 Å². The van der Waals surface area contributed by atoms with Crippen LogP contribution in [0.25, 0.3) is 0 Å². The molecule has 0 aliphatic heterocycles. The van der Waals surface area contributed by atoms with E-state index >= 15 is 0 Å². The van der Waals surface area contributed by atoms with Crippen molar-refractivity contribution in [1.29, 1.82) is 0 Å². The molecule has 0 fully saturated rings. The molecule has 1 rings (SSSR count). The second-order valence-electron chi connectivity index (χ2n) is 2.56. The molecule has 0 unspecified atom stereocenters. The van der Waals surface area contributed by atoms with Gasteiger partial charge in [-0.1, -0.05) is 15.9 Å². The maximum absolute atomic E-state index is 9.03. The van der Waals surface area contributed by atoms with Gasteiger partial charge in [-0.25, -0.2) is 0 Å². The average Bonchev–Trinajstić information content (AvgIpc) is 2.03. The lowest BCUT2D eigenvalue weighted by Gasteiger charge is -2.09. The van der Waals surface area contributed by atoms with Gasteiger partial charge in [-0.05, 0) is 24.6 Å². The van der Waals surface area contributed by atoms with Crippen molar-refractivity contribution in [3.8, 4) is 5.75 Å². The summed E-state index contributed by atoms with van der Waals surface area (Å²) < 4.78 is 6.07. The Labute approximate surface area is 80.3 Å². The number of aryl methyl sites for hydroxylation is 1. The van der Waals surface area contributed by atoms with Crippen LogP contribution in [0.1, 0.15) is 11.1 Å². The van der Waals surface area contributed by atoms with Crippen LogP contribution in [0, 0.1) is 6.92 Å². The molecule has 0 aromatic heterocycles. The molecule has 66 valence electrons. The highest BCUT2D eigenvalue weighted by Gasteiger charge is 2.05. The molecule has 0 saturated carbocycles. The van der Waals surface area contributed by atoms with E-state index in [1.165, 1.54) is 0 Å². The fourth-order valence-electron chi connectivity index (χ4n) is 1.13. The minimum absolute atomic E-state index is 0.0162. The fraction of sp³-hybridized carbons (Fsp3) is 0.333. The van der Waals surface area contributed by atoms with Gasteiger partial charge in [0, 0.05) is 10.0 Å². The smallest absolute Gasteiger partial charge is 0.125 e. The van der Waals surface area contributed by atoms with Crippen molar-refractivity contribution in [2.24, 2.45) is 0 Å². The van der Waals surface area contributed by atoms with Gasteiger partial charge in [-0.2, -0.15) is 0 Å². The summed E-state index contributed by atoms with van der Waals surface area (Å²) >= 11 is 3.36. The molecule has 0 radical (unpaired) electrons. The normalized spacial score (nSPS) is 10.0. The number of benzene rings is 1. The van der Waals surface area contributed by atoms with E-state index in [-0.39, 0.29) is 6.61 Å². The van der Waals surface area contributed by atoms with Gasteiger partial charge in [-0.15, -0.1) is 0 Å². The Morgan fingerprint density at radius 2 is 2.17 bits per heavy atom. The molecule has 0 bridgehead atoms. The first kappa shape index (κ1) is 9.55. The standard InChI is InChI=1S/C9H11BrO2/c1-6-3-7(10)4-9(12-2)8(6)5-11/h3-4,11H,5H2,1-2H3. The van der Waals surface area contributed by atoms with E-state index in [0.29, 0.717) is 0 Å². The molecule has 0 aliphatic rings. The van der Waals surface area contributed by atoms with Crippen LogP contribution in [0.4, 0.5) is 0 Å². The molecule has 0 amide bonds. The van der Waals surface area contributed by atoms with Gasteiger partial charge >= 0.3 is 0 Å². The second kappa shape index (κ2) is 3.92. The first-order valence-electron chi connectivity index (χ1n) is 3.63. The van der Waals surface area contributed by atoms with E-state index in [1.807, 2.05) is 19.1 Å². The molecule has 0 heterocycles. The van der Waals surface area contributed by atoms with Crippen LogP contribution in [-0.4, -0.2) is 12.2 Å². The molecule has 1 aromatic rings. The summed E-state index contributed by atoms with van der Waals surface area (Å²) in [6.07, 6.45) is 0. The summed E-state index contributed by atoms with van der Waals surface area (Å²) in [6, 6.07) is 3.80. The van der Waals surface area contributed by atoms with Crippen molar-refractivity contribution in [3.05, 3.63) is 27.7 Å². The summed E-state index contributed by atoms with van der Waals surface area (Å²) in [7, 11) is 1.60. The molecular formula is C9H11BrO2. The first-order chi connectivity index (χ1) is 5.69. The lowest BCUT2D eigenvalue weighted by molar-refractivity contribution is 0.273. The van der Waals surface area contributed by atoms with Gasteiger partial charge in [-0.3, -0.25) is 0 Å². The Hall–Kier alpha value is -0.540. The highest BCUT2D eigenvalue weighted by atomic mass is 79.9. The number of ether oxygens (including phenoxy) is 1. The number of rotatable bonds is 2. The third-order valence-corrected chi connectivity index (χ3v) is 2.23. The van der Waals surface area contributed by atoms with E-state index in [1.54, 1.807) is 7.11 Å². The number of halogens is 1. The van der Waals surface area contributed by atoms with Crippen molar-refractivity contribution in [3.63, 3.8) is 0 Å². The molecule has 0 atom stereocenters. The van der Waals surface area contributed by atoms with E-state index in [9.17, 15) is 0 Å². The third kappa shape index (κ3) is 1.79. The predicted octanol–water partition coefficient (Wildman–Crippen LogP) is 2.26. The van der Waals surface area contributed by atoms with Gasteiger partial charge in [0.1, 0.15) is 5.75 Å². The minimum Gasteiger partial charge on any atom is -0.496 e. The van der Waals surface area contributed by atoms with Crippen molar-refractivity contribution < 1.29 is 9.84 Å². The Kier molecular flexibility index (Phi) is 3.12. The maximum Gasteiger partial charge on any atom is 0.125 e. The number of aliphatic hydroxyl groups is 1. The molecule has 0 saturated heterocycles. The number of hydrogen-bond acceptors (Lipinski definition) is 2. The van der Waals surface area contributed by atoms with Gasteiger partial charge in [0.2, 0.25) is 0 Å².